The number of benzene rings is 1. The van der Waals surface area contributed by atoms with Crippen LogP contribution in [0.4, 0.5) is 9.18 Å². The SMILES string of the molecule is Cc1cc(CN(Cc2cn(C3CC3)c3cc(Cl)c(F)cc3c2=O)[C@H]2CCCN(C(=O)OC(C)(C)C)C2)ccn1. The van der Waals surface area contributed by atoms with Crippen molar-refractivity contribution in [1.82, 2.24) is 19.4 Å². The monoisotopic (exact) mass is 554 g/mol. The molecule has 208 valence electrons. The molecule has 0 bridgehead atoms. The number of piperidine rings is 1. The van der Waals surface area contributed by atoms with Gasteiger partial charge in [-0.25, -0.2) is 9.18 Å². The summed E-state index contributed by atoms with van der Waals surface area (Å²) in [6.07, 6.45) is 7.15. The van der Waals surface area contributed by atoms with Gasteiger partial charge in [0.25, 0.3) is 0 Å². The Balaban J connectivity index is 1.50. The molecule has 9 heteroatoms. The maximum atomic E-state index is 14.5. The number of carbonyl (C=O) groups excluding carboxylic acids is 1. The predicted octanol–water partition coefficient (Wildman–Crippen LogP) is 6.23. The first kappa shape index (κ1) is 27.6. The van der Waals surface area contributed by atoms with E-state index in [0.717, 1.165) is 36.9 Å². The van der Waals surface area contributed by atoms with Crippen molar-refractivity contribution in [3.63, 3.8) is 0 Å². The number of amides is 1. The van der Waals surface area contributed by atoms with Gasteiger partial charge in [0.15, 0.2) is 5.43 Å². The van der Waals surface area contributed by atoms with Crippen molar-refractivity contribution in [3.8, 4) is 0 Å². The van der Waals surface area contributed by atoms with Gasteiger partial charge < -0.3 is 14.2 Å². The molecule has 1 aromatic carbocycles. The highest BCUT2D eigenvalue weighted by Gasteiger charge is 2.32. The smallest absolute Gasteiger partial charge is 0.410 e. The molecule has 1 saturated heterocycles. The zero-order valence-electron chi connectivity index (χ0n) is 23.0. The Kier molecular flexibility index (Phi) is 7.71. The standard InChI is InChI=1S/C30H36ClFN4O3/c1-19-12-20(9-10-33-19)15-35(23-6-5-11-34(18-23)29(38)39-30(2,3)4)16-21-17-36(22-7-8-22)27-14-25(31)26(32)13-24(27)28(21)37/h9-10,12-14,17,22-23H,5-8,11,15-16,18H2,1-4H3/t23-/m0/s1. The topological polar surface area (TPSA) is 67.7 Å². The van der Waals surface area contributed by atoms with Gasteiger partial charge in [0, 0.05) is 67.3 Å². The molecule has 2 aromatic heterocycles. The molecule has 0 N–H and O–H groups in total. The molecule has 2 aliphatic rings. The van der Waals surface area contributed by atoms with E-state index in [1.54, 1.807) is 17.2 Å². The number of likely N-dealkylation sites (tertiary alicyclic amines) is 1. The van der Waals surface area contributed by atoms with Crippen LogP contribution in [0, 0.1) is 12.7 Å². The first-order valence-electron chi connectivity index (χ1n) is 13.6. The van der Waals surface area contributed by atoms with E-state index in [9.17, 15) is 14.0 Å². The van der Waals surface area contributed by atoms with Crippen LogP contribution in [0.1, 0.15) is 69.3 Å². The summed E-state index contributed by atoms with van der Waals surface area (Å²) in [5, 5.41) is 0.364. The average molecular weight is 555 g/mol. The minimum Gasteiger partial charge on any atom is -0.444 e. The number of aromatic nitrogens is 2. The number of fused-ring (bicyclic) bond motifs is 1. The summed E-state index contributed by atoms with van der Waals surface area (Å²) in [6, 6.07) is 7.15. The van der Waals surface area contributed by atoms with Crippen molar-refractivity contribution in [1.29, 1.82) is 0 Å². The molecule has 0 radical (unpaired) electrons. The van der Waals surface area contributed by atoms with Gasteiger partial charge in [0.2, 0.25) is 0 Å². The summed E-state index contributed by atoms with van der Waals surface area (Å²) >= 11 is 6.10. The van der Waals surface area contributed by atoms with Crippen molar-refractivity contribution in [2.24, 2.45) is 0 Å². The van der Waals surface area contributed by atoms with E-state index in [-0.39, 0.29) is 28.6 Å². The first-order valence-corrected chi connectivity index (χ1v) is 14.0. The lowest BCUT2D eigenvalue weighted by Crippen LogP contribution is -2.50. The number of carbonyl (C=O) groups is 1. The Morgan fingerprint density at radius 2 is 1.97 bits per heavy atom. The lowest BCUT2D eigenvalue weighted by atomic mass is 10.0. The number of nitrogens with zero attached hydrogens (tertiary/aromatic N) is 4. The third-order valence-corrected chi connectivity index (χ3v) is 7.66. The van der Waals surface area contributed by atoms with E-state index in [2.05, 4.69) is 14.5 Å². The molecule has 1 saturated carbocycles. The number of pyridine rings is 2. The average Bonchev–Trinajstić information content (AvgIpc) is 3.71. The van der Waals surface area contributed by atoms with Crippen LogP contribution < -0.4 is 5.43 Å². The third-order valence-electron chi connectivity index (χ3n) is 7.37. The van der Waals surface area contributed by atoms with E-state index in [0.29, 0.717) is 42.6 Å². The second-order valence-corrected chi connectivity index (χ2v) is 12.2. The molecular weight excluding hydrogens is 519 g/mol. The van der Waals surface area contributed by atoms with Gasteiger partial charge in [-0.3, -0.25) is 14.7 Å². The molecule has 3 aromatic rings. The molecular formula is C30H36ClFN4O3. The Labute approximate surface area is 233 Å². The number of halogens is 2. The van der Waals surface area contributed by atoms with Crippen LogP contribution in [0.5, 0.6) is 0 Å². The molecule has 0 spiro atoms. The van der Waals surface area contributed by atoms with Gasteiger partial charge in [-0.1, -0.05) is 11.6 Å². The van der Waals surface area contributed by atoms with Gasteiger partial charge >= 0.3 is 6.09 Å². The predicted molar refractivity (Wildman–Crippen MR) is 150 cm³/mol. The molecule has 7 nitrogen and oxygen atoms in total. The van der Waals surface area contributed by atoms with Crippen LogP contribution in [-0.2, 0) is 17.8 Å². The van der Waals surface area contributed by atoms with Crippen molar-refractivity contribution in [3.05, 3.63) is 74.5 Å². The van der Waals surface area contributed by atoms with Gasteiger partial charge in [-0.05, 0) is 83.2 Å². The number of hydrogen-bond acceptors (Lipinski definition) is 5. The summed E-state index contributed by atoms with van der Waals surface area (Å²) in [5.41, 5.74) is 2.51. The lowest BCUT2D eigenvalue weighted by molar-refractivity contribution is 0.00888. The molecule has 1 amide bonds. The summed E-state index contributed by atoms with van der Waals surface area (Å²) < 4.78 is 22.2. The third kappa shape index (κ3) is 6.44. The number of ether oxygens (including phenoxy) is 1. The van der Waals surface area contributed by atoms with Crippen molar-refractivity contribution in [2.75, 3.05) is 13.1 Å². The second-order valence-electron chi connectivity index (χ2n) is 11.8. The van der Waals surface area contributed by atoms with Gasteiger partial charge in [-0.15, -0.1) is 0 Å². The minimum atomic E-state index is -0.592. The van der Waals surface area contributed by atoms with Crippen molar-refractivity contribution >= 4 is 28.6 Å². The maximum absolute atomic E-state index is 14.5. The zero-order valence-corrected chi connectivity index (χ0v) is 23.8. The number of rotatable bonds is 6. The molecule has 0 unspecified atom stereocenters. The lowest BCUT2D eigenvalue weighted by Gasteiger charge is -2.40. The fourth-order valence-electron chi connectivity index (χ4n) is 5.38. The van der Waals surface area contributed by atoms with Crippen LogP contribution in [0.15, 0.2) is 41.5 Å². The highest BCUT2D eigenvalue weighted by Crippen LogP contribution is 2.38. The molecule has 39 heavy (non-hydrogen) atoms. The van der Waals surface area contributed by atoms with Gasteiger partial charge in [0.05, 0.1) is 10.5 Å². The summed E-state index contributed by atoms with van der Waals surface area (Å²) in [6.45, 7) is 9.66. The number of hydrogen-bond donors (Lipinski definition) is 0. The second kappa shape index (κ2) is 10.9. The molecule has 2 fully saturated rings. The Hall–Kier alpha value is -2.97. The minimum absolute atomic E-state index is 0.0168. The van der Waals surface area contributed by atoms with Crippen LogP contribution >= 0.6 is 11.6 Å². The summed E-state index contributed by atoms with van der Waals surface area (Å²) in [7, 11) is 0. The van der Waals surface area contributed by atoms with Crippen LogP contribution in [-0.4, -0.2) is 50.2 Å². The largest absolute Gasteiger partial charge is 0.444 e. The molecule has 1 aliphatic heterocycles. The van der Waals surface area contributed by atoms with Gasteiger partial charge in [-0.2, -0.15) is 0 Å². The zero-order chi connectivity index (χ0) is 27.9. The van der Waals surface area contributed by atoms with Crippen LogP contribution in [0.25, 0.3) is 10.9 Å². The van der Waals surface area contributed by atoms with E-state index in [1.165, 1.54) is 6.07 Å². The summed E-state index contributed by atoms with van der Waals surface area (Å²) in [5.74, 6) is -0.592. The molecule has 1 aliphatic carbocycles. The summed E-state index contributed by atoms with van der Waals surface area (Å²) in [4.78, 5) is 35.0. The van der Waals surface area contributed by atoms with Crippen LogP contribution in [0.3, 0.4) is 0 Å². The quantitative estimate of drug-likeness (QED) is 0.361. The normalized spacial score (nSPS) is 18.1. The van der Waals surface area contributed by atoms with E-state index in [1.807, 2.05) is 46.0 Å². The highest BCUT2D eigenvalue weighted by atomic mass is 35.5. The Bertz CT molecular complexity index is 1450. The first-order chi connectivity index (χ1) is 18.5. The fourth-order valence-corrected chi connectivity index (χ4v) is 5.54. The van der Waals surface area contributed by atoms with E-state index < -0.39 is 11.4 Å². The molecule has 3 heterocycles. The fraction of sp³-hybridized carbons (Fsp3) is 0.500. The van der Waals surface area contributed by atoms with E-state index >= 15 is 0 Å². The molecule has 1 atom stereocenters. The van der Waals surface area contributed by atoms with Crippen LogP contribution in [0.2, 0.25) is 5.02 Å². The Morgan fingerprint density at radius 1 is 1.21 bits per heavy atom. The maximum Gasteiger partial charge on any atom is 0.410 e. The highest BCUT2D eigenvalue weighted by molar-refractivity contribution is 6.31. The van der Waals surface area contributed by atoms with Gasteiger partial charge in [0.1, 0.15) is 11.4 Å². The van der Waals surface area contributed by atoms with E-state index in [4.69, 9.17) is 16.3 Å². The Morgan fingerprint density at radius 3 is 2.67 bits per heavy atom. The molecule has 5 rings (SSSR count). The van der Waals surface area contributed by atoms with Crippen molar-refractivity contribution < 1.29 is 13.9 Å². The van der Waals surface area contributed by atoms with Crippen molar-refractivity contribution in [2.45, 2.75) is 84.2 Å². The number of aryl methyl sites for hydroxylation is 1.